The zero-order valence-electron chi connectivity index (χ0n) is 17.9. The molecule has 0 bridgehead atoms. The third-order valence-electron chi connectivity index (χ3n) is 6.12. The van der Waals surface area contributed by atoms with E-state index in [1.807, 2.05) is 0 Å². The molecule has 2 aromatic rings. The molecule has 4 rings (SSSR count). The molecule has 2 saturated carbocycles. The number of benzene rings is 1. The minimum atomic E-state index is -0.0839. The van der Waals surface area contributed by atoms with Gasteiger partial charge >= 0.3 is 0 Å². The molecule has 4 nitrogen and oxygen atoms in total. The monoisotopic (exact) mass is 448 g/mol. The molecule has 30 heavy (non-hydrogen) atoms. The van der Waals surface area contributed by atoms with Gasteiger partial charge < -0.3 is 9.84 Å². The fourth-order valence-corrected chi connectivity index (χ4v) is 5.10. The lowest BCUT2D eigenvalue weighted by molar-refractivity contribution is -0.116. The lowest BCUT2D eigenvalue weighted by Gasteiger charge is -2.38. The summed E-state index contributed by atoms with van der Waals surface area (Å²) in [6, 6.07) is 5.06. The summed E-state index contributed by atoms with van der Waals surface area (Å²) in [5.41, 5.74) is 3.21. The van der Waals surface area contributed by atoms with Crippen LogP contribution in [0.2, 0.25) is 10.0 Å². The van der Waals surface area contributed by atoms with Crippen molar-refractivity contribution in [2.45, 2.75) is 77.6 Å². The summed E-state index contributed by atoms with van der Waals surface area (Å²) in [6.45, 7) is 6.93. The summed E-state index contributed by atoms with van der Waals surface area (Å²) in [5, 5.41) is 8.24. The topological polar surface area (TPSA) is 55.1 Å². The molecule has 2 fully saturated rings. The molecule has 1 N–H and O–H groups in total. The third kappa shape index (κ3) is 5.20. The molecule has 1 heterocycles. The number of carbonyl (C=O) groups excluding carboxylic acids is 1. The maximum absolute atomic E-state index is 12.4. The molecular formula is C24H30Cl2N2O2. The van der Waals surface area contributed by atoms with Gasteiger partial charge in [-0.2, -0.15) is 0 Å². The summed E-state index contributed by atoms with van der Waals surface area (Å²) >= 11 is 12.1. The molecule has 0 aliphatic heterocycles. The van der Waals surface area contributed by atoms with Gasteiger partial charge in [-0.1, -0.05) is 49.1 Å². The van der Waals surface area contributed by atoms with E-state index < -0.39 is 0 Å². The Morgan fingerprint density at radius 1 is 1.20 bits per heavy atom. The molecule has 0 saturated heterocycles. The van der Waals surface area contributed by atoms with E-state index in [4.69, 9.17) is 27.7 Å². The van der Waals surface area contributed by atoms with Gasteiger partial charge in [-0.05, 0) is 67.6 Å². The smallest absolute Gasteiger partial charge is 0.224 e. The number of halogens is 2. The maximum Gasteiger partial charge on any atom is 0.224 e. The van der Waals surface area contributed by atoms with Crippen LogP contribution in [-0.2, 0) is 11.2 Å². The van der Waals surface area contributed by atoms with Gasteiger partial charge in [0.2, 0.25) is 5.91 Å². The Bertz CT molecular complexity index is 922. The number of hydrogen-bond acceptors (Lipinski definition) is 3. The van der Waals surface area contributed by atoms with Crippen molar-refractivity contribution in [3.05, 3.63) is 45.3 Å². The largest absolute Gasteiger partial charge is 0.361 e. The number of amides is 1. The lowest BCUT2D eigenvalue weighted by Crippen LogP contribution is -2.26. The van der Waals surface area contributed by atoms with Crippen LogP contribution in [0, 0.1) is 11.3 Å². The van der Waals surface area contributed by atoms with Crippen LogP contribution in [-0.4, -0.2) is 11.1 Å². The molecular weight excluding hydrogens is 419 g/mol. The number of hydrogen-bond donors (Lipinski definition) is 1. The highest BCUT2D eigenvalue weighted by molar-refractivity contribution is 6.36. The Labute approximate surface area is 188 Å². The molecule has 0 unspecified atom stereocenters. The lowest BCUT2D eigenvalue weighted by atomic mass is 9.67. The summed E-state index contributed by atoms with van der Waals surface area (Å²) in [4.78, 5) is 12.4. The van der Waals surface area contributed by atoms with Gasteiger partial charge in [0.25, 0.3) is 0 Å². The molecule has 6 heteroatoms. The minimum absolute atomic E-state index is 0.0839. The maximum atomic E-state index is 12.4. The van der Waals surface area contributed by atoms with Gasteiger partial charge in [0.15, 0.2) is 0 Å². The van der Waals surface area contributed by atoms with Crippen LogP contribution >= 0.6 is 23.2 Å². The van der Waals surface area contributed by atoms with Crippen molar-refractivity contribution in [1.82, 2.24) is 5.16 Å². The highest BCUT2D eigenvalue weighted by Crippen LogP contribution is 2.52. The summed E-state index contributed by atoms with van der Waals surface area (Å²) in [7, 11) is 0. The highest BCUT2D eigenvalue weighted by Gasteiger charge is 2.40. The molecule has 1 aromatic heterocycles. The first-order chi connectivity index (χ1) is 14.2. The van der Waals surface area contributed by atoms with E-state index in [1.165, 1.54) is 37.7 Å². The number of nitrogens with zero attached hydrogens (tertiary/aromatic N) is 1. The third-order valence-corrected chi connectivity index (χ3v) is 6.67. The second kappa shape index (κ2) is 8.55. The van der Waals surface area contributed by atoms with E-state index in [2.05, 4.69) is 31.2 Å². The molecule has 1 aromatic carbocycles. The molecule has 162 valence electrons. The fourth-order valence-electron chi connectivity index (χ4n) is 4.65. The standard InChI is InChI=1S/C24H30Cl2N2O2/c1-24(2,3)13-14-10-16(11-14)23-22(15-4-5-15)20(28-30-23)8-9-21(29)27-19-7-6-17(25)12-18(19)26/h6-7,12,14-16H,4-5,8-11,13H2,1-3H3,(H,27,29)/t14-,16+. The number of nitrogens with one attached hydrogen (secondary N) is 1. The Morgan fingerprint density at radius 2 is 1.93 bits per heavy atom. The number of anilines is 1. The van der Waals surface area contributed by atoms with Crippen molar-refractivity contribution in [3.8, 4) is 0 Å². The Morgan fingerprint density at radius 3 is 2.57 bits per heavy atom. The first-order valence-electron chi connectivity index (χ1n) is 10.9. The summed E-state index contributed by atoms with van der Waals surface area (Å²) in [5.74, 6) is 2.86. The average molecular weight is 449 g/mol. The zero-order valence-corrected chi connectivity index (χ0v) is 19.4. The van der Waals surface area contributed by atoms with E-state index in [0.717, 1.165) is 17.4 Å². The quantitative estimate of drug-likeness (QED) is 0.480. The van der Waals surface area contributed by atoms with Gasteiger partial charge in [-0.15, -0.1) is 0 Å². The van der Waals surface area contributed by atoms with E-state index in [1.54, 1.807) is 18.2 Å². The molecule has 0 atom stereocenters. The van der Waals surface area contributed by atoms with Crippen LogP contribution in [0.3, 0.4) is 0 Å². The normalized spacial score (nSPS) is 21.4. The first-order valence-corrected chi connectivity index (χ1v) is 11.7. The average Bonchev–Trinajstić information content (AvgIpc) is 3.37. The van der Waals surface area contributed by atoms with Gasteiger partial charge in [0.05, 0.1) is 16.4 Å². The number of aryl methyl sites for hydroxylation is 1. The van der Waals surface area contributed by atoms with E-state index in [9.17, 15) is 4.79 Å². The van der Waals surface area contributed by atoms with Crippen molar-refractivity contribution < 1.29 is 9.32 Å². The minimum Gasteiger partial charge on any atom is -0.361 e. The highest BCUT2D eigenvalue weighted by atomic mass is 35.5. The van der Waals surface area contributed by atoms with E-state index in [0.29, 0.717) is 45.8 Å². The van der Waals surface area contributed by atoms with Crippen LogP contribution in [0.25, 0.3) is 0 Å². The van der Waals surface area contributed by atoms with Crippen LogP contribution in [0.15, 0.2) is 22.7 Å². The Balaban J connectivity index is 1.36. The summed E-state index contributed by atoms with van der Waals surface area (Å²) < 4.78 is 5.84. The molecule has 2 aliphatic rings. The van der Waals surface area contributed by atoms with Crippen molar-refractivity contribution in [3.63, 3.8) is 0 Å². The van der Waals surface area contributed by atoms with Gasteiger partial charge in [-0.25, -0.2) is 0 Å². The predicted octanol–water partition coefficient (Wildman–Crippen LogP) is 7.36. The predicted molar refractivity (Wildman–Crippen MR) is 121 cm³/mol. The number of carbonyl (C=O) groups is 1. The second-order valence-electron chi connectivity index (χ2n) is 10.2. The Hall–Kier alpha value is -1.52. The molecule has 0 radical (unpaired) electrons. The number of rotatable bonds is 7. The van der Waals surface area contributed by atoms with Crippen LogP contribution in [0.5, 0.6) is 0 Å². The Kier molecular flexibility index (Phi) is 6.18. The zero-order chi connectivity index (χ0) is 21.5. The molecule has 0 spiro atoms. The van der Waals surface area contributed by atoms with Crippen LogP contribution in [0.1, 0.15) is 88.1 Å². The fraction of sp³-hybridized carbons (Fsp3) is 0.583. The summed E-state index contributed by atoms with van der Waals surface area (Å²) in [6.07, 6.45) is 6.99. The number of aromatic nitrogens is 1. The van der Waals surface area contributed by atoms with Gasteiger partial charge in [-0.3, -0.25) is 4.79 Å². The SMILES string of the molecule is CC(C)(C)C[C@H]1C[C@@H](c2onc(CCC(=O)Nc3ccc(Cl)cc3Cl)c2C2CC2)C1. The molecule has 1 amide bonds. The van der Waals surface area contributed by atoms with Crippen LogP contribution < -0.4 is 5.32 Å². The second-order valence-corrected chi connectivity index (χ2v) is 11.0. The van der Waals surface area contributed by atoms with E-state index in [-0.39, 0.29) is 5.91 Å². The first kappa shape index (κ1) is 21.7. The molecule has 2 aliphatic carbocycles. The van der Waals surface area contributed by atoms with E-state index >= 15 is 0 Å². The van der Waals surface area contributed by atoms with Crippen molar-refractivity contribution in [2.75, 3.05) is 5.32 Å². The van der Waals surface area contributed by atoms with Crippen LogP contribution in [0.4, 0.5) is 5.69 Å². The van der Waals surface area contributed by atoms with Gasteiger partial charge in [0.1, 0.15) is 5.76 Å². The van der Waals surface area contributed by atoms with Crippen molar-refractivity contribution >= 4 is 34.8 Å². The van der Waals surface area contributed by atoms with Gasteiger partial charge in [0, 0.05) is 29.3 Å². The van der Waals surface area contributed by atoms with Crippen molar-refractivity contribution in [1.29, 1.82) is 0 Å². The van der Waals surface area contributed by atoms with Crippen molar-refractivity contribution in [2.24, 2.45) is 11.3 Å².